The molecule has 148 valence electrons. The summed E-state index contributed by atoms with van der Waals surface area (Å²) in [6.45, 7) is -0.156. The number of rotatable bonds is 7. The Morgan fingerprint density at radius 3 is 2.48 bits per heavy atom. The van der Waals surface area contributed by atoms with Crippen LogP contribution in [0.4, 0.5) is 5.69 Å². The molecule has 5 nitrogen and oxygen atoms in total. The van der Waals surface area contributed by atoms with E-state index in [-0.39, 0.29) is 17.5 Å². The summed E-state index contributed by atoms with van der Waals surface area (Å²) < 4.78 is 0. The van der Waals surface area contributed by atoms with Gasteiger partial charge in [-0.3, -0.25) is 14.6 Å². The largest absolute Gasteiger partial charge is 0.343 e. The second-order valence-corrected chi connectivity index (χ2v) is 7.90. The van der Waals surface area contributed by atoms with Crippen LogP contribution in [0.2, 0.25) is 10.0 Å². The maximum Gasteiger partial charge on any atom is 0.251 e. The zero-order chi connectivity index (χ0) is 20.6. The van der Waals surface area contributed by atoms with Gasteiger partial charge in [-0.15, -0.1) is 11.8 Å². The Balaban J connectivity index is 1.46. The molecule has 0 aliphatic carbocycles. The van der Waals surface area contributed by atoms with Gasteiger partial charge in [-0.25, -0.2) is 0 Å². The highest BCUT2D eigenvalue weighted by atomic mass is 35.5. The minimum absolute atomic E-state index is 0.156. The maximum atomic E-state index is 12.1. The van der Waals surface area contributed by atoms with Crippen molar-refractivity contribution >= 4 is 52.5 Å². The Morgan fingerprint density at radius 1 is 1.00 bits per heavy atom. The number of carbonyl (C=O) groups is 2. The number of halogens is 2. The normalized spacial score (nSPS) is 10.4. The van der Waals surface area contributed by atoms with Gasteiger partial charge in [0, 0.05) is 34.3 Å². The van der Waals surface area contributed by atoms with Crippen LogP contribution in [0, 0.1) is 0 Å². The van der Waals surface area contributed by atoms with Gasteiger partial charge < -0.3 is 10.6 Å². The quantitative estimate of drug-likeness (QED) is 0.499. The van der Waals surface area contributed by atoms with Crippen molar-refractivity contribution in [3.05, 3.63) is 88.2 Å². The predicted molar refractivity (Wildman–Crippen MR) is 118 cm³/mol. The van der Waals surface area contributed by atoms with Crippen LogP contribution < -0.4 is 10.6 Å². The SMILES string of the molecule is O=C(CNC(=O)c1ccc(Cl)c(Cl)c1)Nc1ccc(SCc2cccnc2)cc1. The zero-order valence-electron chi connectivity index (χ0n) is 15.2. The Labute approximate surface area is 182 Å². The molecule has 0 radical (unpaired) electrons. The summed E-state index contributed by atoms with van der Waals surface area (Å²) in [7, 11) is 0. The van der Waals surface area contributed by atoms with Crippen molar-refractivity contribution in [3.63, 3.8) is 0 Å². The molecule has 8 heteroatoms. The number of pyridine rings is 1. The first-order chi connectivity index (χ1) is 14.0. The molecule has 0 aliphatic heterocycles. The number of hydrogen-bond donors (Lipinski definition) is 2. The fraction of sp³-hybridized carbons (Fsp3) is 0.0952. The number of nitrogens with zero attached hydrogens (tertiary/aromatic N) is 1. The Kier molecular flexibility index (Phi) is 7.52. The van der Waals surface area contributed by atoms with E-state index in [4.69, 9.17) is 23.2 Å². The molecule has 1 aromatic heterocycles. The molecule has 3 aromatic rings. The van der Waals surface area contributed by atoms with E-state index < -0.39 is 5.91 Å². The lowest BCUT2D eigenvalue weighted by atomic mass is 10.2. The highest BCUT2D eigenvalue weighted by Crippen LogP contribution is 2.24. The second kappa shape index (κ2) is 10.3. The third-order valence-corrected chi connectivity index (χ3v) is 5.68. The minimum Gasteiger partial charge on any atom is -0.343 e. The Bertz CT molecular complexity index is 999. The predicted octanol–water partition coefficient (Wildman–Crippen LogP) is 5.05. The molecule has 3 rings (SSSR count). The molecule has 29 heavy (non-hydrogen) atoms. The fourth-order valence-corrected chi connectivity index (χ4v) is 3.52. The van der Waals surface area contributed by atoms with Crippen LogP contribution in [0.3, 0.4) is 0 Å². The minimum atomic E-state index is -0.402. The lowest BCUT2D eigenvalue weighted by molar-refractivity contribution is -0.115. The number of amides is 2. The molecule has 0 aliphatic rings. The van der Waals surface area contributed by atoms with Crippen LogP contribution in [0.25, 0.3) is 0 Å². The summed E-state index contributed by atoms with van der Waals surface area (Å²) in [5.74, 6) is 0.0929. The maximum absolute atomic E-state index is 12.1. The number of aromatic nitrogens is 1. The first kappa shape index (κ1) is 21.2. The second-order valence-electron chi connectivity index (χ2n) is 6.03. The first-order valence-electron chi connectivity index (χ1n) is 8.66. The summed E-state index contributed by atoms with van der Waals surface area (Å²) >= 11 is 13.4. The van der Waals surface area contributed by atoms with Gasteiger partial charge in [0.25, 0.3) is 5.91 Å². The number of thioether (sulfide) groups is 1. The van der Waals surface area contributed by atoms with Crippen molar-refractivity contribution in [3.8, 4) is 0 Å². The Hall–Kier alpha value is -2.54. The molecule has 0 saturated carbocycles. The molecular formula is C21H17Cl2N3O2S. The van der Waals surface area contributed by atoms with Crippen molar-refractivity contribution in [2.24, 2.45) is 0 Å². The van der Waals surface area contributed by atoms with Gasteiger partial charge in [0.2, 0.25) is 5.91 Å². The van der Waals surface area contributed by atoms with E-state index in [0.29, 0.717) is 16.3 Å². The average molecular weight is 446 g/mol. The standard InChI is InChI=1S/C21H17Cl2N3O2S/c22-18-8-3-15(10-19(18)23)21(28)25-12-20(27)26-16-4-6-17(7-5-16)29-13-14-2-1-9-24-11-14/h1-11H,12-13H2,(H,25,28)(H,26,27). The van der Waals surface area contributed by atoms with Crippen LogP contribution in [-0.4, -0.2) is 23.3 Å². The van der Waals surface area contributed by atoms with E-state index in [2.05, 4.69) is 15.6 Å². The van der Waals surface area contributed by atoms with Crippen molar-refractivity contribution in [1.29, 1.82) is 0 Å². The van der Waals surface area contributed by atoms with Gasteiger partial charge in [0.1, 0.15) is 0 Å². The van der Waals surface area contributed by atoms with E-state index in [9.17, 15) is 9.59 Å². The number of carbonyl (C=O) groups excluding carboxylic acids is 2. The molecular weight excluding hydrogens is 429 g/mol. The third kappa shape index (κ3) is 6.49. The number of nitrogens with one attached hydrogen (secondary N) is 2. The molecule has 0 bridgehead atoms. The molecule has 0 atom stereocenters. The lowest BCUT2D eigenvalue weighted by Gasteiger charge is -2.08. The molecule has 0 unspecified atom stereocenters. The summed E-state index contributed by atoms with van der Waals surface area (Å²) in [5, 5.41) is 5.95. The van der Waals surface area contributed by atoms with Gasteiger partial charge in [-0.05, 0) is 54.1 Å². The molecule has 2 amide bonds. The topological polar surface area (TPSA) is 71.1 Å². The van der Waals surface area contributed by atoms with Gasteiger partial charge >= 0.3 is 0 Å². The molecule has 0 spiro atoms. The van der Waals surface area contributed by atoms with Crippen LogP contribution in [0.5, 0.6) is 0 Å². The number of anilines is 1. The van der Waals surface area contributed by atoms with Crippen molar-refractivity contribution in [2.75, 3.05) is 11.9 Å². The molecule has 0 saturated heterocycles. The van der Waals surface area contributed by atoms with Gasteiger partial charge in [0.05, 0.1) is 16.6 Å². The monoisotopic (exact) mass is 445 g/mol. The third-order valence-electron chi connectivity index (χ3n) is 3.86. The van der Waals surface area contributed by atoms with Crippen molar-refractivity contribution in [1.82, 2.24) is 10.3 Å². The molecule has 0 fully saturated rings. The summed E-state index contributed by atoms with van der Waals surface area (Å²) in [6.07, 6.45) is 3.59. The summed E-state index contributed by atoms with van der Waals surface area (Å²) in [4.78, 5) is 29.4. The summed E-state index contributed by atoms with van der Waals surface area (Å²) in [6, 6.07) is 16.0. The van der Waals surface area contributed by atoms with Crippen molar-refractivity contribution in [2.45, 2.75) is 10.6 Å². The van der Waals surface area contributed by atoms with E-state index in [1.807, 2.05) is 42.6 Å². The first-order valence-corrected chi connectivity index (χ1v) is 10.4. The number of benzene rings is 2. The molecule has 1 heterocycles. The van der Waals surface area contributed by atoms with Crippen molar-refractivity contribution < 1.29 is 9.59 Å². The van der Waals surface area contributed by atoms with E-state index in [1.165, 1.54) is 12.1 Å². The highest BCUT2D eigenvalue weighted by molar-refractivity contribution is 7.98. The van der Waals surface area contributed by atoms with Crippen LogP contribution >= 0.6 is 35.0 Å². The molecule has 2 aromatic carbocycles. The van der Waals surface area contributed by atoms with Gasteiger partial charge in [-0.1, -0.05) is 29.3 Å². The van der Waals surface area contributed by atoms with Crippen LogP contribution in [0.1, 0.15) is 15.9 Å². The van der Waals surface area contributed by atoms with Crippen LogP contribution in [0.15, 0.2) is 71.9 Å². The highest BCUT2D eigenvalue weighted by Gasteiger charge is 2.10. The van der Waals surface area contributed by atoms with E-state index in [0.717, 1.165) is 16.2 Å². The number of hydrogen-bond acceptors (Lipinski definition) is 4. The zero-order valence-corrected chi connectivity index (χ0v) is 17.5. The van der Waals surface area contributed by atoms with E-state index in [1.54, 1.807) is 24.0 Å². The smallest absolute Gasteiger partial charge is 0.251 e. The average Bonchev–Trinajstić information content (AvgIpc) is 2.74. The van der Waals surface area contributed by atoms with Crippen LogP contribution in [-0.2, 0) is 10.5 Å². The lowest BCUT2D eigenvalue weighted by Crippen LogP contribution is -2.32. The fourth-order valence-electron chi connectivity index (χ4n) is 2.39. The Morgan fingerprint density at radius 2 is 1.79 bits per heavy atom. The summed E-state index contributed by atoms with van der Waals surface area (Å²) in [5.41, 5.74) is 2.14. The molecule has 2 N–H and O–H groups in total. The van der Waals surface area contributed by atoms with Gasteiger partial charge in [-0.2, -0.15) is 0 Å². The van der Waals surface area contributed by atoms with Gasteiger partial charge in [0.15, 0.2) is 0 Å². The van der Waals surface area contributed by atoms with E-state index >= 15 is 0 Å².